The average molecular weight is 278 g/mol. The van der Waals surface area contributed by atoms with E-state index in [2.05, 4.69) is 5.32 Å². The highest BCUT2D eigenvalue weighted by Gasteiger charge is 2.40. The van der Waals surface area contributed by atoms with Crippen molar-refractivity contribution in [2.24, 2.45) is 0 Å². The summed E-state index contributed by atoms with van der Waals surface area (Å²) in [5.41, 5.74) is 0.847. The second-order valence-electron chi connectivity index (χ2n) is 4.89. The van der Waals surface area contributed by atoms with Gasteiger partial charge in [-0.3, -0.25) is 0 Å². The van der Waals surface area contributed by atoms with Gasteiger partial charge in [0.2, 0.25) is 0 Å². The predicted octanol–water partition coefficient (Wildman–Crippen LogP) is 2.77. The number of rotatable bonds is 1. The van der Waals surface area contributed by atoms with Crippen molar-refractivity contribution in [1.82, 2.24) is 4.90 Å². The van der Waals surface area contributed by atoms with Crippen molar-refractivity contribution < 1.29 is 9.53 Å². The van der Waals surface area contributed by atoms with Gasteiger partial charge in [0, 0.05) is 37.4 Å². The van der Waals surface area contributed by atoms with Crippen LogP contribution in [0.1, 0.15) is 12.8 Å². The summed E-state index contributed by atoms with van der Waals surface area (Å²) in [7, 11) is 0. The number of nitrogens with one attached hydrogen (secondary N) is 1. The lowest BCUT2D eigenvalue weighted by atomic mass is 10.1. The summed E-state index contributed by atoms with van der Waals surface area (Å²) in [6.45, 7) is 2.39. The first-order chi connectivity index (χ1) is 9.27. The Hall–Kier alpha value is -1.20. The molecule has 1 aromatic rings. The number of benzene rings is 1. The number of likely N-dealkylation sites (tertiary alicyclic amines) is 1. The van der Waals surface area contributed by atoms with Crippen molar-refractivity contribution in [2.45, 2.75) is 17.8 Å². The fraction of sp³-hybridized carbons (Fsp3) is 0.500. The van der Waals surface area contributed by atoms with Gasteiger partial charge in [-0.2, -0.15) is 0 Å². The number of ether oxygens (including phenoxy) is 1. The van der Waals surface area contributed by atoms with Gasteiger partial charge in [-0.15, -0.1) is 11.8 Å². The highest BCUT2D eigenvalue weighted by molar-refractivity contribution is 8.00. The summed E-state index contributed by atoms with van der Waals surface area (Å²) < 4.78 is 5.83. The van der Waals surface area contributed by atoms with Crippen molar-refractivity contribution in [2.75, 3.05) is 30.8 Å². The molecule has 0 saturated carbocycles. The van der Waals surface area contributed by atoms with E-state index in [9.17, 15) is 4.79 Å². The minimum Gasteiger partial charge on any atom is -0.363 e. The van der Waals surface area contributed by atoms with Gasteiger partial charge in [0.05, 0.1) is 6.61 Å². The zero-order valence-electron chi connectivity index (χ0n) is 10.8. The van der Waals surface area contributed by atoms with Crippen LogP contribution in [-0.4, -0.2) is 41.3 Å². The molecule has 102 valence electrons. The third-order valence-corrected chi connectivity index (χ3v) is 5.07. The van der Waals surface area contributed by atoms with E-state index < -0.39 is 0 Å². The molecule has 0 atom stereocenters. The van der Waals surface area contributed by atoms with Crippen LogP contribution in [0.3, 0.4) is 0 Å². The standard InChI is InChI=1S/C14H18N2O2S/c17-13(15-12-4-2-1-3-5-12)16-8-6-14(7-9-16)18-10-11-19-14/h1-5H,6-11H2,(H,15,17). The molecular formula is C14H18N2O2S. The van der Waals surface area contributed by atoms with Crippen LogP contribution in [0.5, 0.6) is 0 Å². The molecule has 3 rings (SSSR count). The SMILES string of the molecule is O=C(Nc1ccccc1)N1CCC2(CC1)OCCS2. The van der Waals surface area contributed by atoms with Crippen molar-refractivity contribution in [3.8, 4) is 0 Å². The average Bonchev–Trinajstić information content (AvgIpc) is 2.89. The van der Waals surface area contributed by atoms with Crippen LogP contribution in [0.25, 0.3) is 0 Å². The molecule has 2 fully saturated rings. The Balaban J connectivity index is 1.55. The quantitative estimate of drug-likeness (QED) is 0.859. The maximum absolute atomic E-state index is 12.1. The molecule has 2 amide bonds. The Bertz CT molecular complexity index is 436. The highest BCUT2D eigenvalue weighted by atomic mass is 32.2. The van der Waals surface area contributed by atoms with Gasteiger partial charge in [0.25, 0.3) is 0 Å². The van der Waals surface area contributed by atoms with Gasteiger partial charge in [0.15, 0.2) is 0 Å². The molecule has 1 N–H and O–H groups in total. The molecule has 0 aromatic heterocycles. The molecule has 5 heteroatoms. The van der Waals surface area contributed by atoms with E-state index in [1.165, 1.54) is 0 Å². The van der Waals surface area contributed by atoms with E-state index >= 15 is 0 Å². The van der Waals surface area contributed by atoms with Crippen LogP contribution in [0.4, 0.5) is 10.5 Å². The maximum Gasteiger partial charge on any atom is 0.321 e. The molecule has 1 aromatic carbocycles. The number of para-hydroxylation sites is 1. The summed E-state index contributed by atoms with van der Waals surface area (Å²) >= 11 is 1.90. The van der Waals surface area contributed by atoms with Crippen LogP contribution in [0, 0.1) is 0 Å². The van der Waals surface area contributed by atoms with E-state index in [1.54, 1.807) is 0 Å². The largest absolute Gasteiger partial charge is 0.363 e. The fourth-order valence-electron chi connectivity index (χ4n) is 2.56. The van der Waals surface area contributed by atoms with E-state index in [-0.39, 0.29) is 11.0 Å². The molecule has 0 radical (unpaired) electrons. The number of anilines is 1. The third-order valence-electron chi connectivity index (χ3n) is 3.65. The van der Waals surface area contributed by atoms with E-state index in [0.29, 0.717) is 0 Å². The van der Waals surface area contributed by atoms with Crippen molar-refractivity contribution >= 4 is 23.5 Å². The number of amides is 2. The summed E-state index contributed by atoms with van der Waals surface area (Å²) in [4.78, 5) is 14.0. The summed E-state index contributed by atoms with van der Waals surface area (Å²) in [5, 5.41) is 2.93. The smallest absolute Gasteiger partial charge is 0.321 e. The molecule has 2 aliphatic heterocycles. The number of carbonyl (C=O) groups excluding carboxylic acids is 1. The molecule has 4 nitrogen and oxygen atoms in total. The Morgan fingerprint density at radius 1 is 1.26 bits per heavy atom. The highest BCUT2D eigenvalue weighted by Crippen LogP contribution is 2.41. The zero-order valence-corrected chi connectivity index (χ0v) is 11.6. The Labute approximate surface area is 117 Å². The molecule has 2 saturated heterocycles. The molecule has 19 heavy (non-hydrogen) atoms. The Morgan fingerprint density at radius 2 is 2.00 bits per heavy atom. The fourth-order valence-corrected chi connectivity index (χ4v) is 3.74. The van der Waals surface area contributed by atoms with Gasteiger partial charge in [-0.1, -0.05) is 18.2 Å². The van der Waals surface area contributed by atoms with Crippen LogP contribution >= 0.6 is 11.8 Å². The number of piperidine rings is 1. The second kappa shape index (κ2) is 5.43. The van der Waals surface area contributed by atoms with Gasteiger partial charge in [-0.25, -0.2) is 4.79 Å². The van der Waals surface area contributed by atoms with Crippen LogP contribution in [-0.2, 0) is 4.74 Å². The normalized spacial score (nSPS) is 21.6. The first kappa shape index (κ1) is 12.8. The Kier molecular flexibility index (Phi) is 3.66. The molecule has 0 bridgehead atoms. The van der Waals surface area contributed by atoms with E-state index in [1.807, 2.05) is 47.0 Å². The monoisotopic (exact) mass is 278 g/mol. The number of nitrogens with zero attached hydrogens (tertiary/aromatic N) is 1. The van der Waals surface area contributed by atoms with Crippen LogP contribution in [0.2, 0.25) is 0 Å². The molecular weight excluding hydrogens is 260 g/mol. The topological polar surface area (TPSA) is 41.6 Å². The van der Waals surface area contributed by atoms with Gasteiger partial charge < -0.3 is 15.0 Å². The van der Waals surface area contributed by atoms with Crippen LogP contribution in [0.15, 0.2) is 30.3 Å². The number of hydrogen-bond donors (Lipinski definition) is 1. The first-order valence-electron chi connectivity index (χ1n) is 6.66. The van der Waals surface area contributed by atoms with Crippen molar-refractivity contribution in [1.29, 1.82) is 0 Å². The number of carbonyl (C=O) groups is 1. The third kappa shape index (κ3) is 2.87. The molecule has 2 aliphatic rings. The van der Waals surface area contributed by atoms with Crippen molar-refractivity contribution in [3.63, 3.8) is 0 Å². The number of hydrogen-bond acceptors (Lipinski definition) is 3. The molecule has 0 aliphatic carbocycles. The summed E-state index contributed by atoms with van der Waals surface area (Å²) in [5.74, 6) is 1.08. The molecule has 1 spiro atoms. The van der Waals surface area contributed by atoms with Crippen LogP contribution < -0.4 is 5.32 Å². The van der Waals surface area contributed by atoms with E-state index in [0.717, 1.165) is 44.0 Å². The minimum absolute atomic E-state index is 0.0101. The summed E-state index contributed by atoms with van der Waals surface area (Å²) in [6.07, 6.45) is 1.86. The molecule has 2 heterocycles. The zero-order chi connectivity index (χ0) is 13.1. The summed E-state index contributed by atoms with van der Waals surface area (Å²) in [6, 6.07) is 9.57. The van der Waals surface area contributed by atoms with Gasteiger partial charge >= 0.3 is 6.03 Å². The van der Waals surface area contributed by atoms with Gasteiger partial charge in [0.1, 0.15) is 4.93 Å². The second-order valence-corrected chi connectivity index (χ2v) is 6.33. The first-order valence-corrected chi connectivity index (χ1v) is 7.65. The van der Waals surface area contributed by atoms with E-state index in [4.69, 9.17) is 4.74 Å². The lowest BCUT2D eigenvalue weighted by Crippen LogP contribution is -2.46. The lowest BCUT2D eigenvalue weighted by molar-refractivity contribution is 0.0105. The number of urea groups is 1. The number of thioether (sulfide) groups is 1. The molecule has 0 unspecified atom stereocenters. The predicted molar refractivity (Wildman–Crippen MR) is 77.4 cm³/mol. The minimum atomic E-state index is -0.0104. The van der Waals surface area contributed by atoms with Gasteiger partial charge in [-0.05, 0) is 12.1 Å². The Morgan fingerprint density at radius 3 is 2.63 bits per heavy atom. The lowest BCUT2D eigenvalue weighted by Gasteiger charge is -2.37. The maximum atomic E-state index is 12.1. The van der Waals surface area contributed by atoms with Crippen molar-refractivity contribution in [3.05, 3.63) is 30.3 Å².